The molecule has 0 radical (unpaired) electrons. The highest BCUT2D eigenvalue weighted by atomic mass is 19.1. The molecule has 0 amide bonds. The van der Waals surface area contributed by atoms with Crippen molar-refractivity contribution in [3.05, 3.63) is 41.2 Å². The van der Waals surface area contributed by atoms with Crippen LogP contribution in [0.25, 0.3) is 6.08 Å². The van der Waals surface area contributed by atoms with Crippen LogP contribution in [0, 0.1) is 5.92 Å². The average Bonchev–Trinajstić information content (AvgIpc) is 2.39. The molecule has 1 aliphatic carbocycles. The molecule has 0 aromatic heterocycles. The minimum absolute atomic E-state index is 0.0104. The highest BCUT2D eigenvalue weighted by Gasteiger charge is 2.27. The number of rotatable bonds is 1. The van der Waals surface area contributed by atoms with E-state index in [9.17, 15) is 4.39 Å². The van der Waals surface area contributed by atoms with E-state index in [1.165, 1.54) is 0 Å². The molecule has 1 aromatic rings. The Bertz CT molecular complexity index is 350. The first-order chi connectivity index (χ1) is 6.20. The highest BCUT2D eigenvalue weighted by molar-refractivity contribution is 5.64. The number of hydrogen-bond donors (Lipinski definition) is 0. The molecule has 0 aliphatic heterocycles. The van der Waals surface area contributed by atoms with Gasteiger partial charge in [0.25, 0.3) is 0 Å². The van der Waals surface area contributed by atoms with Crippen LogP contribution >= 0.6 is 0 Å². The van der Waals surface area contributed by atoms with E-state index in [4.69, 9.17) is 0 Å². The van der Waals surface area contributed by atoms with Gasteiger partial charge in [-0.1, -0.05) is 38.1 Å². The van der Waals surface area contributed by atoms with E-state index in [1.807, 2.05) is 24.3 Å². The van der Waals surface area contributed by atoms with Gasteiger partial charge in [-0.15, -0.1) is 0 Å². The normalized spacial score (nSPS) is 20.3. The Kier molecular flexibility index (Phi) is 1.95. The summed E-state index contributed by atoms with van der Waals surface area (Å²) < 4.78 is 13.5. The summed E-state index contributed by atoms with van der Waals surface area (Å²) in [5.74, 6) is 0.326. The lowest BCUT2D eigenvalue weighted by Gasteiger charge is -2.15. The smallest absolute Gasteiger partial charge is 0.108 e. The second kappa shape index (κ2) is 2.99. The maximum Gasteiger partial charge on any atom is 0.108 e. The van der Waals surface area contributed by atoms with Crippen molar-refractivity contribution in [2.24, 2.45) is 5.92 Å². The van der Waals surface area contributed by atoms with Gasteiger partial charge in [0, 0.05) is 5.92 Å². The third-order valence-electron chi connectivity index (χ3n) is 2.59. The van der Waals surface area contributed by atoms with Gasteiger partial charge in [-0.05, 0) is 23.1 Å². The maximum atomic E-state index is 13.5. The fraction of sp³-hybridized carbons (Fsp3) is 0.333. The fourth-order valence-corrected chi connectivity index (χ4v) is 1.99. The minimum atomic E-state index is -0.0174. The Morgan fingerprint density at radius 2 is 1.92 bits per heavy atom. The van der Waals surface area contributed by atoms with Gasteiger partial charge in [0.05, 0.1) is 0 Å². The molecule has 1 aromatic carbocycles. The first-order valence-electron chi connectivity index (χ1n) is 4.66. The monoisotopic (exact) mass is 176 g/mol. The van der Waals surface area contributed by atoms with E-state index in [1.54, 1.807) is 6.08 Å². The van der Waals surface area contributed by atoms with E-state index < -0.39 is 0 Å². The molecular formula is C12H13F. The Labute approximate surface area is 78.1 Å². The van der Waals surface area contributed by atoms with Gasteiger partial charge < -0.3 is 0 Å². The van der Waals surface area contributed by atoms with Gasteiger partial charge in [0.1, 0.15) is 5.83 Å². The SMILES string of the molecule is CC(C)C1C(F)=Cc2ccccc21. The molecule has 0 N–H and O–H groups in total. The van der Waals surface area contributed by atoms with Gasteiger partial charge in [0.2, 0.25) is 0 Å². The zero-order valence-electron chi connectivity index (χ0n) is 7.92. The molecule has 0 bridgehead atoms. The zero-order valence-corrected chi connectivity index (χ0v) is 7.92. The lowest BCUT2D eigenvalue weighted by Crippen LogP contribution is -2.04. The predicted octanol–water partition coefficient (Wildman–Crippen LogP) is 3.75. The largest absolute Gasteiger partial charge is 0.211 e. The van der Waals surface area contributed by atoms with E-state index in [0.29, 0.717) is 5.92 Å². The first kappa shape index (κ1) is 8.49. The van der Waals surface area contributed by atoms with Crippen molar-refractivity contribution in [2.45, 2.75) is 19.8 Å². The van der Waals surface area contributed by atoms with Gasteiger partial charge in [-0.2, -0.15) is 0 Å². The lowest BCUT2D eigenvalue weighted by atomic mass is 9.90. The van der Waals surface area contributed by atoms with Crippen LogP contribution in [0.2, 0.25) is 0 Å². The quantitative estimate of drug-likeness (QED) is 0.611. The van der Waals surface area contributed by atoms with Crippen LogP contribution in [0.5, 0.6) is 0 Å². The number of halogens is 1. The van der Waals surface area contributed by atoms with Crippen molar-refractivity contribution in [1.82, 2.24) is 0 Å². The Morgan fingerprint density at radius 3 is 2.62 bits per heavy atom. The molecule has 1 aliphatic rings. The highest BCUT2D eigenvalue weighted by Crippen LogP contribution is 2.41. The van der Waals surface area contributed by atoms with Crippen molar-refractivity contribution in [3.8, 4) is 0 Å². The van der Waals surface area contributed by atoms with Gasteiger partial charge in [-0.3, -0.25) is 0 Å². The summed E-state index contributed by atoms with van der Waals surface area (Å²) in [7, 11) is 0. The Balaban J connectivity index is 2.49. The van der Waals surface area contributed by atoms with E-state index >= 15 is 0 Å². The molecule has 68 valence electrons. The molecular weight excluding hydrogens is 163 g/mol. The molecule has 0 spiro atoms. The molecule has 2 rings (SSSR count). The molecule has 1 heteroatoms. The zero-order chi connectivity index (χ0) is 9.42. The van der Waals surface area contributed by atoms with Gasteiger partial charge in [-0.25, -0.2) is 4.39 Å². The van der Waals surface area contributed by atoms with Crippen LogP contribution in [0.3, 0.4) is 0 Å². The van der Waals surface area contributed by atoms with E-state index in [0.717, 1.165) is 11.1 Å². The van der Waals surface area contributed by atoms with Gasteiger partial charge >= 0.3 is 0 Å². The summed E-state index contributed by atoms with van der Waals surface area (Å²) in [6, 6.07) is 7.91. The summed E-state index contributed by atoms with van der Waals surface area (Å²) >= 11 is 0. The minimum Gasteiger partial charge on any atom is -0.211 e. The molecule has 0 fully saturated rings. The lowest BCUT2D eigenvalue weighted by molar-refractivity contribution is 0.466. The van der Waals surface area contributed by atoms with Crippen molar-refractivity contribution in [1.29, 1.82) is 0 Å². The second-order valence-electron chi connectivity index (χ2n) is 3.88. The summed E-state index contributed by atoms with van der Waals surface area (Å²) in [5.41, 5.74) is 2.17. The summed E-state index contributed by atoms with van der Waals surface area (Å²) in [5, 5.41) is 0. The number of hydrogen-bond acceptors (Lipinski definition) is 0. The topological polar surface area (TPSA) is 0 Å². The number of benzene rings is 1. The van der Waals surface area contributed by atoms with Crippen LogP contribution in [0.4, 0.5) is 4.39 Å². The van der Waals surface area contributed by atoms with E-state index in [2.05, 4.69) is 13.8 Å². The summed E-state index contributed by atoms with van der Waals surface area (Å²) in [6.45, 7) is 4.11. The second-order valence-corrected chi connectivity index (χ2v) is 3.88. The fourth-order valence-electron chi connectivity index (χ4n) is 1.99. The molecule has 0 saturated heterocycles. The van der Waals surface area contributed by atoms with Crippen LogP contribution in [-0.4, -0.2) is 0 Å². The molecule has 0 heterocycles. The van der Waals surface area contributed by atoms with Crippen molar-refractivity contribution >= 4 is 6.08 Å². The van der Waals surface area contributed by atoms with Crippen molar-refractivity contribution < 1.29 is 4.39 Å². The van der Waals surface area contributed by atoms with Crippen molar-refractivity contribution in [3.63, 3.8) is 0 Å². The van der Waals surface area contributed by atoms with Crippen LogP contribution in [0.1, 0.15) is 30.9 Å². The third-order valence-corrected chi connectivity index (χ3v) is 2.59. The van der Waals surface area contributed by atoms with Crippen LogP contribution < -0.4 is 0 Å². The molecule has 13 heavy (non-hydrogen) atoms. The number of fused-ring (bicyclic) bond motifs is 1. The molecule has 0 nitrogen and oxygen atoms in total. The summed E-state index contributed by atoms with van der Waals surface area (Å²) in [4.78, 5) is 0. The van der Waals surface area contributed by atoms with E-state index in [-0.39, 0.29) is 11.7 Å². The standard InChI is InChI=1S/C12H13F/c1-8(2)12-10-6-4-3-5-9(10)7-11(12)13/h3-8,12H,1-2H3. The Hall–Kier alpha value is -1.11. The molecule has 1 atom stereocenters. The summed E-state index contributed by atoms with van der Waals surface area (Å²) in [6.07, 6.45) is 1.65. The molecule has 1 unspecified atom stereocenters. The first-order valence-corrected chi connectivity index (χ1v) is 4.66. The number of allylic oxidation sites excluding steroid dienone is 1. The predicted molar refractivity (Wildman–Crippen MR) is 53.1 cm³/mol. The molecule has 0 saturated carbocycles. The van der Waals surface area contributed by atoms with Crippen molar-refractivity contribution in [2.75, 3.05) is 0 Å². The Morgan fingerprint density at radius 1 is 1.23 bits per heavy atom. The maximum absolute atomic E-state index is 13.5. The van der Waals surface area contributed by atoms with Gasteiger partial charge in [0.15, 0.2) is 0 Å². The van der Waals surface area contributed by atoms with Crippen LogP contribution in [-0.2, 0) is 0 Å². The third kappa shape index (κ3) is 1.28. The average molecular weight is 176 g/mol. The van der Waals surface area contributed by atoms with Crippen LogP contribution in [0.15, 0.2) is 30.1 Å².